The van der Waals surface area contributed by atoms with Gasteiger partial charge in [-0.25, -0.2) is 0 Å². The van der Waals surface area contributed by atoms with E-state index in [1.54, 1.807) is 0 Å². The summed E-state index contributed by atoms with van der Waals surface area (Å²) < 4.78 is 0. The van der Waals surface area contributed by atoms with Gasteiger partial charge in [0.1, 0.15) is 0 Å². The number of nitro groups is 1. The Bertz CT molecular complexity index is 582. The second kappa shape index (κ2) is 7.52. The molecule has 0 spiro atoms. The SMILES string of the molecule is O=[N+]([O-])C(/C=C/CO)(Cc1ccccc1)Cc1ccccc1. The van der Waals surface area contributed by atoms with E-state index < -0.39 is 5.54 Å². The van der Waals surface area contributed by atoms with Crippen molar-refractivity contribution in [1.82, 2.24) is 0 Å². The Hall–Kier alpha value is -2.46. The topological polar surface area (TPSA) is 63.4 Å². The summed E-state index contributed by atoms with van der Waals surface area (Å²) >= 11 is 0. The van der Waals surface area contributed by atoms with Crippen LogP contribution in [-0.2, 0) is 12.8 Å². The van der Waals surface area contributed by atoms with E-state index >= 15 is 0 Å². The maximum atomic E-state index is 11.8. The summed E-state index contributed by atoms with van der Waals surface area (Å²) in [7, 11) is 0. The van der Waals surface area contributed by atoms with Crippen molar-refractivity contribution in [3.63, 3.8) is 0 Å². The third kappa shape index (κ3) is 4.02. The van der Waals surface area contributed by atoms with E-state index in [1.807, 2.05) is 60.7 Å². The standard InChI is InChI=1S/C18H19NO3/c20-13-7-12-18(19(21)22,14-16-8-3-1-4-9-16)15-17-10-5-2-6-11-17/h1-12,20H,13-15H2/b12-7+. The fourth-order valence-electron chi connectivity index (χ4n) is 2.54. The van der Waals surface area contributed by atoms with Gasteiger partial charge in [0.2, 0.25) is 5.54 Å². The number of nitrogens with zero attached hydrogens (tertiary/aromatic N) is 1. The highest BCUT2D eigenvalue weighted by molar-refractivity contribution is 5.25. The first-order valence-corrected chi connectivity index (χ1v) is 7.17. The molecule has 0 saturated carbocycles. The van der Waals surface area contributed by atoms with E-state index in [0.29, 0.717) is 0 Å². The van der Waals surface area contributed by atoms with Crippen molar-refractivity contribution >= 4 is 0 Å². The van der Waals surface area contributed by atoms with Crippen molar-refractivity contribution in [3.05, 3.63) is 94.1 Å². The van der Waals surface area contributed by atoms with Crippen molar-refractivity contribution < 1.29 is 10.0 Å². The van der Waals surface area contributed by atoms with Gasteiger partial charge in [-0.15, -0.1) is 0 Å². The van der Waals surface area contributed by atoms with Crippen molar-refractivity contribution in [2.75, 3.05) is 6.61 Å². The van der Waals surface area contributed by atoms with E-state index in [1.165, 1.54) is 12.2 Å². The number of hydrogen-bond acceptors (Lipinski definition) is 3. The van der Waals surface area contributed by atoms with E-state index in [-0.39, 0.29) is 24.4 Å². The fraction of sp³-hybridized carbons (Fsp3) is 0.222. The minimum Gasteiger partial charge on any atom is -0.392 e. The van der Waals surface area contributed by atoms with Crippen molar-refractivity contribution in [1.29, 1.82) is 0 Å². The molecule has 0 atom stereocenters. The first-order chi connectivity index (χ1) is 10.7. The lowest BCUT2D eigenvalue weighted by Crippen LogP contribution is -2.41. The Morgan fingerprint density at radius 1 is 0.955 bits per heavy atom. The van der Waals surface area contributed by atoms with Crippen LogP contribution in [0.15, 0.2) is 72.8 Å². The molecule has 0 unspecified atom stereocenters. The van der Waals surface area contributed by atoms with Crippen LogP contribution in [-0.4, -0.2) is 22.2 Å². The van der Waals surface area contributed by atoms with E-state index in [4.69, 9.17) is 5.11 Å². The Morgan fingerprint density at radius 2 is 1.41 bits per heavy atom. The van der Waals surface area contributed by atoms with Crippen LogP contribution < -0.4 is 0 Å². The molecule has 0 radical (unpaired) electrons. The molecular weight excluding hydrogens is 278 g/mol. The number of aliphatic hydroxyl groups excluding tert-OH is 1. The molecule has 0 amide bonds. The molecule has 0 aliphatic carbocycles. The predicted molar refractivity (Wildman–Crippen MR) is 86.2 cm³/mol. The van der Waals surface area contributed by atoms with Gasteiger partial charge in [-0.3, -0.25) is 10.1 Å². The molecule has 2 aromatic rings. The minimum absolute atomic E-state index is 0.209. The first kappa shape index (κ1) is 15.9. The molecule has 4 nitrogen and oxygen atoms in total. The van der Waals surface area contributed by atoms with Gasteiger partial charge in [-0.05, 0) is 17.2 Å². The van der Waals surface area contributed by atoms with Gasteiger partial charge in [-0.2, -0.15) is 0 Å². The summed E-state index contributed by atoms with van der Waals surface area (Å²) in [4.78, 5) is 11.6. The lowest BCUT2D eigenvalue weighted by Gasteiger charge is -2.22. The molecule has 0 heterocycles. The van der Waals surface area contributed by atoms with Crippen molar-refractivity contribution in [3.8, 4) is 0 Å². The summed E-state index contributed by atoms with van der Waals surface area (Å²) in [5, 5.41) is 20.8. The molecule has 4 heteroatoms. The quantitative estimate of drug-likeness (QED) is 0.485. The smallest absolute Gasteiger partial charge is 0.248 e. The summed E-state index contributed by atoms with van der Waals surface area (Å²) in [6.45, 7) is -0.209. The molecule has 0 aliphatic heterocycles. The van der Waals surface area contributed by atoms with Crippen molar-refractivity contribution in [2.24, 2.45) is 0 Å². The maximum Gasteiger partial charge on any atom is 0.248 e. The second-order valence-corrected chi connectivity index (χ2v) is 5.27. The Kier molecular flexibility index (Phi) is 5.44. The first-order valence-electron chi connectivity index (χ1n) is 7.17. The molecule has 114 valence electrons. The average Bonchev–Trinajstić information content (AvgIpc) is 2.54. The maximum absolute atomic E-state index is 11.8. The van der Waals surface area contributed by atoms with Gasteiger partial charge in [0.15, 0.2) is 0 Å². The normalized spacial score (nSPS) is 11.7. The van der Waals surface area contributed by atoms with Crippen LogP contribution in [0.1, 0.15) is 11.1 Å². The molecule has 0 saturated heterocycles. The van der Waals surface area contributed by atoms with Crippen molar-refractivity contribution in [2.45, 2.75) is 18.4 Å². The zero-order chi connectivity index (χ0) is 15.8. The van der Waals surface area contributed by atoms with Crippen LogP contribution in [0.2, 0.25) is 0 Å². The van der Waals surface area contributed by atoms with Crippen LogP contribution in [0.5, 0.6) is 0 Å². The lowest BCUT2D eigenvalue weighted by atomic mass is 9.85. The zero-order valence-corrected chi connectivity index (χ0v) is 12.3. The lowest BCUT2D eigenvalue weighted by molar-refractivity contribution is -0.554. The van der Waals surface area contributed by atoms with Crippen LogP contribution in [0.4, 0.5) is 0 Å². The van der Waals surface area contributed by atoms with Crippen LogP contribution in [0.25, 0.3) is 0 Å². The molecule has 0 aromatic heterocycles. The van der Waals surface area contributed by atoms with Gasteiger partial charge in [0.25, 0.3) is 0 Å². The largest absolute Gasteiger partial charge is 0.392 e. The molecule has 0 fully saturated rings. The summed E-state index contributed by atoms with van der Waals surface area (Å²) in [5.74, 6) is 0. The Morgan fingerprint density at radius 3 is 1.77 bits per heavy atom. The average molecular weight is 297 g/mol. The van der Waals surface area contributed by atoms with E-state index in [9.17, 15) is 10.1 Å². The van der Waals surface area contributed by atoms with E-state index in [0.717, 1.165) is 11.1 Å². The van der Waals surface area contributed by atoms with Gasteiger partial charge in [0.05, 0.1) is 6.61 Å². The molecule has 2 aromatic carbocycles. The highest BCUT2D eigenvalue weighted by atomic mass is 16.6. The third-order valence-electron chi connectivity index (χ3n) is 3.60. The number of benzene rings is 2. The Balaban J connectivity index is 2.37. The van der Waals surface area contributed by atoms with Crippen LogP contribution in [0.3, 0.4) is 0 Å². The molecule has 1 N–H and O–H groups in total. The number of hydrogen-bond donors (Lipinski definition) is 1. The zero-order valence-electron chi connectivity index (χ0n) is 12.3. The monoisotopic (exact) mass is 297 g/mol. The summed E-state index contributed by atoms with van der Waals surface area (Å²) in [6.07, 6.45) is 3.54. The molecule has 0 aliphatic rings. The number of rotatable bonds is 7. The predicted octanol–water partition coefficient (Wildman–Crippen LogP) is 3.04. The minimum atomic E-state index is -1.26. The van der Waals surface area contributed by atoms with Gasteiger partial charge in [-0.1, -0.05) is 66.7 Å². The third-order valence-corrected chi connectivity index (χ3v) is 3.60. The molecule has 22 heavy (non-hydrogen) atoms. The molecule has 0 bridgehead atoms. The second-order valence-electron chi connectivity index (χ2n) is 5.27. The van der Waals surface area contributed by atoms with Crippen LogP contribution >= 0.6 is 0 Å². The van der Waals surface area contributed by atoms with Crippen LogP contribution in [0, 0.1) is 10.1 Å². The van der Waals surface area contributed by atoms with Gasteiger partial charge < -0.3 is 5.11 Å². The molecule has 2 rings (SSSR count). The Labute approximate surface area is 129 Å². The van der Waals surface area contributed by atoms with E-state index in [2.05, 4.69) is 0 Å². The van der Waals surface area contributed by atoms with Gasteiger partial charge >= 0.3 is 0 Å². The molecular formula is C18H19NO3. The fourth-order valence-corrected chi connectivity index (χ4v) is 2.54. The summed E-state index contributed by atoms with van der Waals surface area (Å²) in [6, 6.07) is 18.8. The number of aliphatic hydroxyl groups is 1. The summed E-state index contributed by atoms with van der Waals surface area (Å²) in [5.41, 5.74) is 0.543. The van der Waals surface area contributed by atoms with Gasteiger partial charge in [0, 0.05) is 17.8 Å². The highest BCUT2D eigenvalue weighted by Crippen LogP contribution is 2.24. The highest BCUT2D eigenvalue weighted by Gasteiger charge is 2.40.